The number of nitrogens with zero attached hydrogens (tertiary/aromatic N) is 4. The van der Waals surface area contributed by atoms with Crippen LogP contribution in [0.5, 0.6) is 0 Å². The van der Waals surface area contributed by atoms with E-state index in [4.69, 9.17) is 9.15 Å². The van der Waals surface area contributed by atoms with E-state index in [-0.39, 0.29) is 29.8 Å². The van der Waals surface area contributed by atoms with Crippen LogP contribution < -0.4 is 0 Å². The minimum atomic E-state index is -0.615. The first-order valence-corrected chi connectivity index (χ1v) is 8.86. The molecule has 0 fully saturated rings. The molecule has 10 nitrogen and oxygen atoms in total. The summed E-state index contributed by atoms with van der Waals surface area (Å²) in [5, 5.41) is 25.2. The number of benzene rings is 2. The molecule has 30 heavy (non-hydrogen) atoms. The van der Waals surface area contributed by atoms with Gasteiger partial charge < -0.3 is 9.15 Å². The summed E-state index contributed by atoms with van der Waals surface area (Å²) in [7, 11) is 0. The zero-order valence-electron chi connectivity index (χ0n) is 15.7. The fourth-order valence-corrected chi connectivity index (χ4v) is 2.66. The molecule has 0 aliphatic rings. The van der Waals surface area contributed by atoms with Crippen molar-refractivity contribution >= 4 is 11.7 Å². The van der Waals surface area contributed by atoms with Gasteiger partial charge in [-0.2, -0.15) is 5.10 Å². The van der Waals surface area contributed by atoms with Gasteiger partial charge >= 0.3 is 5.97 Å². The first-order chi connectivity index (χ1) is 14.5. The number of non-ortho nitro benzene ring substituents is 1. The highest BCUT2D eigenvalue weighted by Crippen LogP contribution is 2.22. The topological polar surface area (TPSA) is 137 Å². The van der Waals surface area contributed by atoms with Gasteiger partial charge in [-0.15, -0.1) is 10.2 Å². The maximum atomic E-state index is 12.2. The fraction of sp³-hybridized carbons (Fsp3) is 0.100. The molecule has 0 radical (unpaired) electrons. The molecule has 0 aliphatic carbocycles. The van der Waals surface area contributed by atoms with Crippen molar-refractivity contribution in [3.8, 4) is 22.7 Å². The van der Waals surface area contributed by atoms with Crippen molar-refractivity contribution in [2.75, 3.05) is 0 Å². The molecule has 0 atom stereocenters. The summed E-state index contributed by atoms with van der Waals surface area (Å²) < 4.78 is 10.6. The van der Waals surface area contributed by atoms with E-state index in [2.05, 4.69) is 20.4 Å². The Hall–Kier alpha value is -4.34. The van der Waals surface area contributed by atoms with Crippen molar-refractivity contribution in [2.24, 2.45) is 0 Å². The lowest BCUT2D eigenvalue weighted by atomic mass is 10.1. The van der Waals surface area contributed by atoms with Gasteiger partial charge in [0, 0.05) is 23.3 Å². The van der Waals surface area contributed by atoms with Crippen LogP contribution in [-0.2, 0) is 11.3 Å². The molecule has 2 heterocycles. The van der Waals surface area contributed by atoms with E-state index < -0.39 is 10.9 Å². The number of carbonyl (C=O) groups excluding carboxylic acids is 1. The number of ether oxygens (including phenoxy) is 1. The van der Waals surface area contributed by atoms with Gasteiger partial charge in [-0.3, -0.25) is 15.2 Å². The van der Waals surface area contributed by atoms with Crippen molar-refractivity contribution in [1.29, 1.82) is 0 Å². The van der Waals surface area contributed by atoms with Crippen LogP contribution in [0.4, 0.5) is 5.69 Å². The van der Waals surface area contributed by atoms with Crippen LogP contribution in [0.25, 0.3) is 22.7 Å². The zero-order valence-corrected chi connectivity index (χ0v) is 15.7. The Bertz CT molecular complexity index is 1200. The third kappa shape index (κ3) is 4.07. The fourth-order valence-electron chi connectivity index (χ4n) is 2.66. The Labute approximate surface area is 169 Å². The maximum absolute atomic E-state index is 12.2. The largest absolute Gasteiger partial charge is 0.451 e. The van der Waals surface area contributed by atoms with Crippen molar-refractivity contribution in [3.63, 3.8) is 0 Å². The van der Waals surface area contributed by atoms with Crippen LogP contribution in [0.3, 0.4) is 0 Å². The zero-order chi connectivity index (χ0) is 21.1. The molecule has 0 aliphatic heterocycles. The first-order valence-electron chi connectivity index (χ1n) is 8.86. The maximum Gasteiger partial charge on any atom is 0.356 e. The summed E-state index contributed by atoms with van der Waals surface area (Å²) in [4.78, 5) is 22.5. The Morgan fingerprint density at radius 1 is 1.10 bits per heavy atom. The van der Waals surface area contributed by atoms with Gasteiger partial charge in [0.05, 0.1) is 10.6 Å². The number of nitro benzene ring substituents is 1. The number of H-pyrrole nitrogens is 1. The lowest BCUT2D eigenvalue weighted by molar-refractivity contribution is -0.384. The van der Waals surface area contributed by atoms with Crippen molar-refractivity contribution in [1.82, 2.24) is 20.4 Å². The molecule has 1 N–H and O–H groups in total. The number of rotatable bonds is 6. The second kappa shape index (κ2) is 7.95. The lowest BCUT2D eigenvalue weighted by Gasteiger charge is -1.99. The number of aromatic nitrogens is 4. The SMILES string of the molecule is Cc1ccc(-c2cc(C(=O)OCc3nnc(-c4ccc([N+](=O)[O-])cc4)o3)[nH]n2)cc1. The van der Waals surface area contributed by atoms with E-state index in [0.29, 0.717) is 11.3 Å². The molecular weight excluding hydrogens is 390 g/mol. The van der Waals surface area contributed by atoms with Gasteiger partial charge in [0.15, 0.2) is 6.61 Å². The smallest absolute Gasteiger partial charge is 0.356 e. The second-order valence-electron chi connectivity index (χ2n) is 6.41. The Kier molecular flexibility index (Phi) is 5.04. The lowest BCUT2D eigenvalue weighted by Crippen LogP contribution is -2.05. The molecule has 4 aromatic rings. The number of aryl methyl sites for hydroxylation is 1. The van der Waals surface area contributed by atoms with Gasteiger partial charge in [0.25, 0.3) is 11.6 Å². The highest BCUT2D eigenvalue weighted by atomic mass is 16.6. The summed E-state index contributed by atoms with van der Waals surface area (Å²) in [6, 6.07) is 15.0. The van der Waals surface area contributed by atoms with Gasteiger partial charge in [-0.1, -0.05) is 29.8 Å². The van der Waals surface area contributed by atoms with E-state index in [1.807, 2.05) is 31.2 Å². The molecule has 0 saturated heterocycles. The van der Waals surface area contributed by atoms with Gasteiger partial charge in [0.2, 0.25) is 5.89 Å². The first kappa shape index (κ1) is 19.0. The van der Waals surface area contributed by atoms with Gasteiger partial charge in [0.1, 0.15) is 5.69 Å². The number of esters is 1. The Morgan fingerprint density at radius 3 is 2.50 bits per heavy atom. The van der Waals surface area contributed by atoms with Crippen LogP contribution in [0.15, 0.2) is 59.0 Å². The van der Waals surface area contributed by atoms with E-state index in [1.54, 1.807) is 6.07 Å². The average Bonchev–Trinajstić information content (AvgIpc) is 3.43. The number of aromatic amines is 1. The molecule has 4 rings (SSSR count). The number of hydrogen-bond acceptors (Lipinski definition) is 8. The molecule has 0 unspecified atom stereocenters. The average molecular weight is 405 g/mol. The van der Waals surface area contributed by atoms with Crippen LogP contribution in [0, 0.1) is 17.0 Å². The van der Waals surface area contributed by atoms with Crippen LogP contribution in [0.2, 0.25) is 0 Å². The number of nitrogens with one attached hydrogen (secondary N) is 1. The summed E-state index contributed by atoms with van der Waals surface area (Å²) in [5.41, 5.74) is 3.29. The molecule has 0 spiro atoms. The van der Waals surface area contributed by atoms with Crippen LogP contribution in [0.1, 0.15) is 21.9 Å². The molecular formula is C20H15N5O5. The summed E-state index contributed by atoms with van der Waals surface area (Å²) in [6.07, 6.45) is 0. The third-order valence-electron chi connectivity index (χ3n) is 4.26. The second-order valence-corrected chi connectivity index (χ2v) is 6.41. The molecule has 150 valence electrons. The molecule has 0 saturated carbocycles. The number of hydrogen-bond donors (Lipinski definition) is 1. The minimum Gasteiger partial charge on any atom is -0.451 e. The predicted octanol–water partition coefficient (Wildman–Crippen LogP) is 3.70. The third-order valence-corrected chi connectivity index (χ3v) is 4.26. The standard InChI is InChI=1S/C20H15N5O5/c1-12-2-4-13(5-3-12)16-10-17(22-21-16)20(26)29-11-18-23-24-19(30-18)14-6-8-15(9-7-14)25(27)28/h2-10H,11H2,1H3,(H,21,22). The summed E-state index contributed by atoms with van der Waals surface area (Å²) >= 11 is 0. The number of carbonyl (C=O) groups is 1. The van der Waals surface area contributed by atoms with Crippen LogP contribution in [-0.4, -0.2) is 31.3 Å². The van der Waals surface area contributed by atoms with E-state index >= 15 is 0 Å². The van der Waals surface area contributed by atoms with Gasteiger partial charge in [-0.25, -0.2) is 4.79 Å². The normalized spacial score (nSPS) is 10.7. The van der Waals surface area contributed by atoms with Gasteiger partial charge in [-0.05, 0) is 25.1 Å². The minimum absolute atomic E-state index is 0.0445. The van der Waals surface area contributed by atoms with E-state index in [0.717, 1.165) is 11.1 Å². The molecule has 0 bridgehead atoms. The monoisotopic (exact) mass is 405 g/mol. The van der Waals surface area contributed by atoms with Crippen LogP contribution >= 0.6 is 0 Å². The summed E-state index contributed by atoms with van der Waals surface area (Å²) in [5.74, 6) is -0.356. The quantitative estimate of drug-likeness (QED) is 0.291. The van der Waals surface area contributed by atoms with Crippen molar-refractivity contribution in [3.05, 3.63) is 81.9 Å². The Morgan fingerprint density at radius 2 is 1.80 bits per heavy atom. The molecule has 0 amide bonds. The molecule has 10 heteroatoms. The van der Waals surface area contributed by atoms with Crippen molar-refractivity contribution < 1.29 is 18.9 Å². The van der Waals surface area contributed by atoms with Crippen molar-refractivity contribution in [2.45, 2.75) is 13.5 Å². The van der Waals surface area contributed by atoms with E-state index in [1.165, 1.54) is 24.3 Å². The Balaban J connectivity index is 1.39. The molecule has 2 aromatic carbocycles. The predicted molar refractivity (Wildman–Crippen MR) is 104 cm³/mol. The highest BCUT2D eigenvalue weighted by molar-refractivity contribution is 5.88. The number of nitro groups is 1. The van der Waals surface area contributed by atoms with E-state index in [9.17, 15) is 14.9 Å². The highest BCUT2D eigenvalue weighted by Gasteiger charge is 2.16. The summed E-state index contributed by atoms with van der Waals surface area (Å²) in [6.45, 7) is 1.76. The molecule has 2 aromatic heterocycles.